The third-order valence-electron chi connectivity index (χ3n) is 2.12. The summed E-state index contributed by atoms with van der Waals surface area (Å²) >= 11 is 0. The molecule has 0 saturated heterocycles. The van der Waals surface area contributed by atoms with Crippen molar-refractivity contribution in [2.45, 2.75) is 41.5 Å². The summed E-state index contributed by atoms with van der Waals surface area (Å²) in [5.74, 6) is 0. The van der Waals surface area contributed by atoms with E-state index in [1.165, 1.54) is 11.4 Å². The van der Waals surface area contributed by atoms with E-state index >= 15 is 0 Å². The molecule has 0 aliphatic carbocycles. The number of hydrogen-bond acceptors (Lipinski definition) is 3. The molecule has 0 atom stereocenters. The average molecular weight is 313 g/mol. The smallest absolute Gasteiger partial charge is 0.0541 e. The van der Waals surface area contributed by atoms with E-state index in [1.807, 2.05) is 0 Å². The average Bonchev–Trinajstić information content (AvgIpc) is 2.27. The predicted molar refractivity (Wildman–Crippen MR) is 72.9 cm³/mol. The summed E-state index contributed by atoms with van der Waals surface area (Å²) < 4.78 is 0. The van der Waals surface area contributed by atoms with Gasteiger partial charge in [-0.1, -0.05) is 41.5 Å². The molecular formula is C10H24IN3. The molecule has 0 aromatic rings. The Morgan fingerprint density at radius 1 is 0.786 bits per heavy atom. The molecule has 14 heavy (non-hydrogen) atoms. The van der Waals surface area contributed by atoms with Crippen LogP contribution in [0.3, 0.4) is 0 Å². The van der Waals surface area contributed by atoms with E-state index in [0.29, 0.717) is 0 Å². The molecule has 3 nitrogen and oxygen atoms in total. The summed E-state index contributed by atoms with van der Waals surface area (Å²) in [6.45, 7) is 13.2. The van der Waals surface area contributed by atoms with Crippen LogP contribution in [0.15, 0.2) is 11.4 Å². The third-order valence-corrected chi connectivity index (χ3v) is 2.12. The van der Waals surface area contributed by atoms with Crippen molar-refractivity contribution < 1.29 is 1.43 Å². The normalized spacial score (nSPS) is 17.3. The number of halogens is 1. The monoisotopic (exact) mass is 313 g/mol. The minimum Gasteiger partial charge on any atom is -0.306 e. The van der Waals surface area contributed by atoms with E-state index in [0.717, 1.165) is 0 Å². The van der Waals surface area contributed by atoms with E-state index in [2.05, 4.69) is 57.9 Å². The summed E-state index contributed by atoms with van der Waals surface area (Å²) in [5, 5.41) is 0. The fraction of sp³-hybridized carbons (Fsp3) is 0.800. The highest BCUT2D eigenvalue weighted by Crippen LogP contribution is 2.34. The molecule has 1 heterocycles. The number of allylic oxidation sites excluding steroid dienone is 2. The van der Waals surface area contributed by atoms with Gasteiger partial charge in [-0.05, 0) is 0 Å². The Balaban J connectivity index is 0. The highest BCUT2D eigenvalue weighted by molar-refractivity contribution is 14.0. The van der Waals surface area contributed by atoms with Gasteiger partial charge in [0, 0.05) is 12.3 Å². The van der Waals surface area contributed by atoms with Crippen molar-refractivity contribution in [2.75, 3.05) is 0 Å². The molecule has 0 aromatic heterocycles. The summed E-state index contributed by atoms with van der Waals surface area (Å²) in [6, 6.07) is 0. The maximum absolute atomic E-state index is 3.17. The van der Waals surface area contributed by atoms with Crippen molar-refractivity contribution in [1.29, 1.82) is 0 Å². The molecule has 4 heteroatoms. The summed E-state index contributed by atoms with van der Waals surface area (Å²) in [4.78, 5) is 0. The lowest BCUT2D eigenvalue weighted by Crippen LogP contribution is -2.35. The Morgan fingerprint density at radius 3 is 1.29 bits per heavy atom. The number of rotatable bonds is 0. The zero-order valence-corrected chi connectivity index (χ0v) is 12.2. The molecule has 1 aliphatic heterocycles. The molecule has 1 aliphatic rings. The van der Waals surface area contributed by atoms with Crippen LogP contribution in [0.25, 0.3) is 0 Å². The highest BCUT2D eigenvalue weighted by Gasteiger charge is 2.31. The fourth-order valence-electron chi connectivity index (χ4n) is 1.41. The summed E-state index contributed by atoms with van der Waals surface area (Å²) in [7, 11) is 0. The first-order valence-corrected chi connectivity index (χ1v) is 4.75. The zero-order valence-electron chi connectivity index (χ0n) is 9.91. The van der Waals surface area contributed by atoms with Crippen LogP contribution in [0, 0.1) is 10.8 Å². The molecule has 0 fully saturated rings. The molecule has 0 radical (unpaired) electrons. The molecular weight excluding hydrogens is 289 g/mol. The van der Waals surface area contributed by atoms with Crippen molar-refractivity contribution in [2.24, 2.45) is 10.8 Å². The molecule has 0 unspecified atom stereocenters. The van der Waals surface area contributed by atoms with Crippen LogP contribution in [0.2, 0.25) is 0 Å². The van der Waals surface area contributed by atoms with Crippen molar-refractivity contribution in [3.63, 3.8) is 0 Å². The lowest BCUT2D eigenvalue weighted by atomic mass is 9.83. The first-order chi connectivity index (χ1) is 5.73. The second-order valence-corrected chi connectivity index (χ2v) is 5.62. The van der Waals surface area contributed by atoms with Gasteiger partial charge in [-0.15, -0.1) is 24.0 Å². The van der Waals surface area contributed by atoms with Gasteiger partial charge in [0.15, 0.2) is 0 Å². The lowest BCUT2D eigenvalue weighted by Gasteiger charge is -2.26. The van der Waals surface area contributed by atoms with E-state index < -0.39 is 0 Å². The van der Waals surface area contributed by atoms with Crippen LogP contribution >= 0.6 is 24.0 Å². The van der Waals surface area contributed by atoms with E-state index in [4.69, 9.17) is 0 Å². The Hall–Kier alpha value is 0.0300. The Kier molecular flexibility index (Phi) is 4.27. The second-order valence-electron chi connectivity index (χ2n) is 5.62. The maximum atomic E-state index is 3.17. The van der Waals surface area contributed by atoms with Crippen molar-refractivity contribution in [3.05, 3.63) is 11.4 Å². The fourth-order valence-corrected chi connectivity index (χ4v) is 1.41. The van der Waals surface area contributed by atoms with Crippen LogP contribution in [0.5, 0.6) is 0 Å². The molecule has 0 spiro atoms. The van der Waals surface area contributed by atoms with E-state index in [9.17, 15) is 0 Å². The zero-order chi connectivity index (χ0) is 10.3. The van der Waals surface area contributed by atoms with Crippen molar-refractivity contribution in [1.82, 2.24) is 16.4 Å². The van der Waals surface area contributed by atoms with Gasteiger partial charge in [0.2, 0.25) is 0 Å². The minimum atomic E-state index is 0. The Morgan fingerprint density at radius 2 is 1.07 bits per heavy atom. The summed E-state index contributed by atoms with van der Waals surface area (Å²) in [6.07, 6.45) is 0. The van der Waals surface area contributed by atoms with Crippen LogP contribution in [0.4, 0.5) is 0 Å². The molecule has 86 valence electrons. The molecule has 1 rings (SSSR count). The van der Waals surface area contributed by atoms with Gasteiger partial charge in [-0.3, -0.25) is 0 Å². The molecule has 0 aromatic carbocycles. The summed E-state index contributed by atoms with van der Waals surface area (Å²) in [5.41, 5.74) is 12.1. The number of hydrazine groups is 2. The standard InChI is InChI=1S/C10H21N3.HI.H2/c1-9(2,3)7-8(10(4,5)6)12-13-11-7;;/h11-13H,1-6H3;2*1H. The van der Waals surface area contributed by atoms with Gasteiger partial charge >= 0.3 is 0 Å². The largest absolute Gasteiger partial charge is 0.306 e. The molecule has 0 amide bonds. The molecule has 3 N–H and O–H groups in total. The first kappa shape index (κ1) is 14.0. The third kappa shape index (κ3) is 3.02. The quantitative estimate of drug-likeness (QED) is 0.602. The number of hydrogen-bond donors (Lipinski definition) is 3. The van der Waals surface area contributed by atoms with Gasteiger partial charge in [0.25, 0.3) is 0 Å². The lowest BCUT2D eigenvalue weighted by molar-refractivity contribution is 0.432. The Bertz CT molecular complexity index is 214. The van der Waals surface area contributed by atoms with Gasteiger partial charge in [0.1, 0.15) is 0 Å². The van der Waals surface area contributed by atoms with Crippen LogP contribution in [0.1, 0.15) is 43.0 Å². The highest BCUT2D eigenvalue weighted by atomic mass is 127. The van der Waals surface area contributed by atoms with Crippen molar-refractivity contribution in [3.8, 4) is 0 Å². The van der Waals surface area contributed by atoms with E-state index in [1.54, 1.807) is 0 Å². The van der Waals surface area contributed by atoms with Crippen LogP contribution in [-0.2, 0) is 0 Å². The minimum absolute atomic E-state index is 0. The van der Waals surface area contributed by atoms with E-state index in [-0.39, 0.29) is 36.2 Å². The molecule has 0 saturated carbocycles. The van der Waals surface area contributed by atoms with Gasteiger partial charge < -0.3 is 10.9 Å². The van der Waals surface area contributed by atoms with Gasteiger partial charge in [-0.25, -0.2) is 0 Å². The van der Waals surface area contributed by atoms with Crippen LogP contribution in [-0.4, -0.2) is 0 Å². The van der Waals surface area contributed by atoms with Crippen molar-refractivity contribution >= 4 is 24.0 Å². The number of nitrogens with one attached hydrogen (secondary N) is 3. The second kappa shape index (κ2) is 4.26. The van der Waals surface area contributed by atoms with Crippen LogP contribution < -0.4 is 16.4 Å². The Labute approximate surface area is 106 Å². The SMILES string of the molecule is CC(C)(C)C1=C(C(C)(C)C)NNN1.I.[HH]. The van der Waals surface area contributed by atoms with Gasteiger partial charge in [-0.2, -0.15) is 5.53 Å². The maximum Gasteiger partial charge on any atom is 0.0541 e. The van der Waals surface area contributed by atoms with Gasteiger partial charge in [0.05, 0.1) is 11.4 Å². The topological polar surface area (TPSA) is 36.1 Å². The first-order valence-electron chi connectivity index (χ1n) is 4.75. The molecule has 0 bridgehead atoms. The predicted octanol–water partition coefficient (Wildman–Crippen LogP) is 2.77.